The van der Waals surface area contributed by atoms with Gasteiger partial charge in [-0.2, -0.15) is 0 Å². The SMILES string of the molecule is O=C(CSc1nc2ccccc2c(=O)n1-c1ccc(F)c(Cl)c1)N1CCCCC1. The molecular formula is C21H19ClFN3O2S. The van der Waals surface area contributed by atoms with Crippen molar-refractivity contribution in [3.05, 3.63) is 63.7 Å². The Morgan fingerprint density at radius 3 is 2.66 bits per heavy atom. The fourth-order valence-electron chi connectivity index (χ4n) is 3.42. The summed E-state index contributed by atoms with van der Waals surface area (Å²) in [4.78, 5) is 32.2. The topological polar surface area (TPSA) is 55.2 Å². The number of carbonyl (C=O) groups excluding carboxylic acids is 1. The number of rotatable bonds is 4. The summed E-state index contributed by atoms with van der Waals surface area (Å²) in [6, 6.07) is 11.1. The quantitative estimate of drug-likeness (QED) is 0.457. The highest BCUT2D eigenvalue weighted by Gasteiger charge is 2.19. The number of thioether (sulfide) groups is 1. The van der Waals surface area contributed by atoms with Gasteiger partial charge in [-0.15, -0.1) is 0 Å². The molecule has 0 spiro atoms. The lowest BCUT2D eigenvalue weighted by atomic mass is 10.1. The van der Waals surface area contributed by atoms with Crippen LogP contribution < -0.4 is 5.56 Å². The molecule has 5 nitrogen and oxygen atoms in total. The predicted molar refractivity (Wildman–Crippen MR) is 113 cm³/mol. The van der Waals surface area contributed by atoms with E-state index in [-0.39, 0.29) is 22.2 Å². The summed E-state index contributed by atoms with van der Waals surface area (Å²) in [5.41, 5.74) is 0.675. The molecule has 0 aliphatic carbocycles. The predicted octanol–water partition coefficient (Wildman–Crippen LogP) is 4.28. The normalized spacial score (nSPS) is 14.3. The van der Waals surface area contributed by atoms with Crippen LogP contribution in [0.2, 0.25) is 5.02 Å². The third-order valence-electron chi connectivity index (χ3n) is 4.94. The summed E-state index contributed by atoms with van der Waals surface area (Å²) in [5, 5.41) is 0.740. The molecule has 1 aliphatic rings. The molecule has 2 aromatic carbocycles. The van der Waals surface area contributed by atoms with Crippen LogP contribution in [-0.4, -0.2) is 39.2 Å². The number of halogens is 2. The van der Waals surface area contributed by atoms with Gasteiger partial charge in [0, 0.05) is 13.1 Å². The van der Waals surface area contributed by atoms with Gasteiger partial charge in [-0.3, -0.25) is 14.2 Å². The number of amides is 1. The zero-order chi connectivity index (χ0) is 20.4. The number of piperidine rings is 1. The highest BCUT2D eigenvalue weighted by molar-refractivity contribution is 7.99. The van der Waals surface area contributed by atoms with Crippen molar-refractivity contribution in [1.82, 2.24) is 14.5 Å². The van der Waals surface area contributed by atoms with Crippen molar-refractivity contribution in [2.75, 3.05) is 18.8 Å². The first-order valence-corrected chi connectivity index (χ1v) is 10.8. The minimum Gasteiger partial charge on any atom is -0.342 e. The van der Waals surface area contributed by atoms with Crippen molar-refractivity contribution in [1.29, 1.82) is 0 Å². The lowest BCUT2D eigenvalue weighted by Crippen LogP contribution is -2.36. The smallest absolute Gasteiger partial charge is 0.266 e. The first-order valence-electron chi connectivity index (χ1n) is 9.42. The van der Waals surface area contributed by atoms with Crippen molar-refractivity contribution in [3.63, 3.8) is 0 Å². The van der Waals surface area contributed by atoms with Crippen molar-refractivity contribution < 1.29 is 9.18 Å². The number of hydrogen-bond acceptors (Lipinski definition) is 4. The molecule has 1 amide bonds. The van der Waals surface area contributed by atoms with E-state index in [0.29, 0.717) is 21.7 Å². The average molecular weight is 432 g/mol. The minimum absolute atomic E-state index is 0.0285. The molecule has 1 fully saturated rings. The molecule has 0 atom stereocenters. The van der Waals surface area contributed by atoms with Gasteiger partial charge in [0.2, 0.25) is 5.91 Å². The van der Waals surface area contributed by atoms with E-state index in [9.17, 15) is 14.0 Å². The first kappa shape index (κ1) is 19.9. The molecule has 8 heteroatoms. The third kappa shape index (κ3) is 4.16. The fourth-order valence-corrected chi connectivity index (χ4v) is 4.51. The summed E-state index contributed by atoms with van der Waals surface area (Å²) in [6.45, 7) is 1.54. The number of carbonyl (C=O) groups is 1. The van der Waals surface area contributed by atoms with Gasteiger partial charge in [-0.05, 0) is 49.6 Å². The third-order valence-corrected chi connectivity index (χ3v) is 6.15. The van der Waals surface area contributed by atoms with Crippen LogP contribution in [-0.2, 0) is 4.79 Å². The second-order valence-corrected chi connectivity index (χ2v) is 8.23. The summed E-state index contributed by atoms with van der Waals surface area (Å²) < 4.78 is 15.0. The Balaban J connectivity index is 1.74. The zero-order valence-electron chi connectivity index (χ0n) is 15.6. The molecule has 0 saturated carbocycles. The number of nitrogens with zero attached hydrogens (tertiary/aromatic N) is 3. The van der Waals surface area contributed by atoms with Crippen molar-refractivity contribution >= 4 is 40.2 Å². The lowest BCUT2D eigenvalue weighted by molar-refractivity contribution is -0.129. The molecular weight excluding hydrogens is 413 g/mol. The Morgan fingerprint density at radius 2 is 1.90 bits per heavy atom. The van der Waals surface area contributed by atoms with Crippen molar-refractivity contribution in [3.8, 4) is 5.69 Å². The van der Waals surface area contributed by atoms with Gasteiger partial charge in [0.05, 0.1) is 27.4 Å². The number of benzene rings is 2. The van der Waals surface area contributed by atoms with E-state index in [1.807, 2.05) is 4.90 Å². The highest BCUT2D eigenvalue weighted by atomic mass is 35.5. The summed E-state index contributed by atoms with van der Waals surface area (Å²) in [5.74, 6) is -0.354. The van der Waals surface area contributed by atoms with Crippen LogP contribution in [0.15, 0.2) is 52.4 Å². The van der Waals surface area contributed by atoms with E-state index >= 15 is 0 Å². The molecule has 3 aromatic rings. The van der Waals surface area contributed by atoms with Crippen LogP contribution in [0, 0.1) is 5.82 Å². The Bertz CT molecular complexity index is 1130. The average Bonchev–Trinajstić information content (AvgIpc) is 2.75. The van der Waals surface area contributed by atoms with Gasteiger partial charge in [0.15, 0.2) is 5.16 Å². The Kier molecular flexibility index (Phi) is 5.87. The van der Waals surface area contributed by atoms with Gasteiger partial charge in [0.1, 0.15) is 5.82 Å². The summed E-state index contributed by atoms with van der Waals surface area (Å²) in [6.07, 6.45) is 3.18. The maximum absolute atomic E-state index is 13.6. The monoisotopic (exact) mass is 431 g/mol. The maximum atomic E-state index is 13.6. The van der Waals surface area contributed by atoms with E-state index < -0.39 is 5.82 Å². The van der Waals surface area contributed by atoms with Gasteiger partial charge in [0.25, 0.3) is 5.56 Å². The van der Waals surface area contributed by atoms with E-state index in [1.54, 1.807) is 24.3 Å². The Hall–Kier alpha value is -2.38. The van der Waals surface area contributed by atoms with Crippen LogP contribution in [0.4, 0.5) is 4.39 Å². The fraction of sp³-hybridized carbons (Fsp3) is 0.286. The number of likely N-dealkylation sites (tertiary alicyclic amines) is 1. The highest BCUT2D eigenvalue weighted by Crippen LogP contribution is 2.25. The minimum atomic E-state index is -0.563. The number of fused-ring (bicyclic) bond motifs is 1. The molecule has 0 radical (unpaired) electrons. The molecule has 2 heterocycles. The Morgan fingerprint density at radius 1 is 1.14 bits per heavy atom. The number of para-hydroxylation sites is 1. The molecule has 150 valence electrons. The molecule has 29 heavy (non-hydrogen) atoms. The van der Waals surface area contributed by atoms with Gasteiger partial charge in [-0.1, -0.05) is 35.5 Å². The van der Waals surface area contributed by atoms with Gasteiger partial charge in [-0.25, -0.2) is 9.37 Å². The largest absolute Gasteiger partial charge is 0.342 e. The van der Waals surface area contributed by atoms with Crippen LogP contribution in [0.3, 0.4) is 0 Å². The second kappa shape index (κ2) is 8.55. The van der Waals surface area contributed by atoms with Crippen LogP contribution in [0.25, 0.3) is 16.6 Å². The van der Waals surface area contributed by atoms with Crippen LogP contribution >= 0.6 is 23.4 Å². The van der Waals surface area contributed by atoms with Crippen LogP contribution in [0.5, 0.6) is 0 Å². The molecule has 0 bridgehead atoms. The second-order valence-electron chi connectivity index (χ2n) is 6.88. The van der Waals surface area contributed by atoms with E-state index in [2.05, 4.69) is 4.98 Å². The first-order chi connectivity index (χ1) is 14.0. The van der Waals surface area contributed by atoms with E-state index in [1.165, 1.54) is 34.5 Å². The summed E-state index contributed by atoms with van der Waals surface area (Å²) >= 11 is 7.14. The van der Waals surface area contributed by atoms with Crippen molar-refractivity contribution in [2.45, 2.75) is 24.4 Å². The van der Waals surface area contributed by atoms with Crippen LogP contribution in [0.1, 0.15) is 19.3 Å². The van der Waals surface area contributed by atoms with E-state index in [0.717, 1.165) is 32.4 Å². The van der Waals surface area contributed by atoms with E-state index in [4.69, 9.17) is 11.6 Å². The molecule has 0 N–H and O–H groups in total. The number of hydrogen-bond donors (Lipinski definition) is 0. The zero-order valence-corrected chi connectivity index (χ0v) is 17.2. The van der Waals surface area contributed by atoms with Gasteiger partial charge >= 0.3 is 0 Å². The molecule has 1 aromatic heterocycles. The molecule has 1 aliphatic heterocycles. The molecule has 1 saturated heterocycles. The summed E-state index contributed by atoms with van der Waals surface area (Å²) in [7, 11) is 0. The van der Waals surface area contributed by atoms with Gasteiger partial charge < -0.3 is 4.90 Å². The lowest BCUT2D eigenvalue weighted by Gasteiger charge is -2.26. The molecule has 0 unspecified atom stereocenters. The Labute approximate surface area is 176 Å². The standard InChI is InChI=1S/C21H19ClFN3O2S/c22-16-12-14(8-9-17(16)23)26-20(28)15-6-2-3-7-18(15)24-21(26)29-13-19(27)25-10-4-1-5-11-25/h2-3,6-9,12H,1,4-5,10-11,13H2. The number of aromatic nitrogens is 2. The maximum Gasteiger partial charge on any atom is 0.266 e. The molecule has 4 rings (SSSR count). The van der Waals surface area contributed by atoms with Crippen molar-refractivity contribution in [2.24, 2.45) is 0 Å².